The Hall–Kier alpha value is -0.910. The van der Waals surface area contributed by atoms with Gasteiger partial charge in [-0.25, -0.2) is 4.79 Å². The van der Waals surface area contributed by atoms with Gasteiger partial charge in [-0.15, -0.1) is 0 Å². The van der Waals surface area contributed by atoms with Crippen LogP contribution in [0, 0.1) is 0 Å². The molecule has 0 radical (unpaired) electrons. The van der Waals surface area contributed by atoms with Gasteiger partial charge in [0.05, 0.1) is 0 Å². The minimum absolute atomic E-state index is 0.115. The first-order valence-electron chi connectivity index (χ1n) is 7.91. The Morgan fingerprint density at radius 3 is 2.55 bits per heavy atom. The number of benzene rings is 1. The minimum Gasteiger partial charge on any atom is -0.480 e. The van der Waals surface area contributed by atoms with Crippen LogP contribution in [0.25, 0.3) is 0 Å². The van der Waals surface area contributed by atoms with Crippen molar-refractivity contribution in [3.05, 3.63) is 34.3 Å². The van der Waals surface area contributed by atoms with E-state index < -0.39 is 11.6 Å². The Balaban J connectivity index is 1.87. The molecule has 0 amide bonds. The molecule has 1 aromatic carbocycles. The smallest absolute Gasteiger partial charge is 0.329 e. The molecule has 1 aliphatic carbocycles. The number of ether oxygens (including phenoxy) is 1. The monoisotopic (exact) mass is 367 g/mol. The van der Waals surface area contributed by atoms with Crippen molar-refractivity contribution in [2.24, 2.45) is 0 Å². The van der Waals surface area contributed by atoms with Crippen molar-refractivity contribution in [3.63, 3.8) is 0 Å². The van der Waals surface area contributed by atoms with Crippen molar-refractivity contribution >= 4 is 21.9 Å². The van der Waals surface area contributed by atoms with Crippen LogP contribution < -0.4 is 5.32 Å². The number of carboxylic acid groups (broad SMARTS) is 1. The lowest BCUT2D eigenvalue weighted by Gasteiger charge is -2.36. The molecule has 2 fully saturated rings. The fourth-order valence-corrected chi connectivity index (χ4v) is 4.19. The molecular weight excluding hydrogens is 346 g/mol. The van der Waals surface area contributed by atoms with Gasteiger partial charge in [0, 0.05) is 23.0 Å². The minimum atomic E-state index is -0.916. The van der Waals surface area contributed by atoms with Crippen LogP contribution >= 0.6 is 15.9 Å². The third-order valence-corrected chi connectivity index (χ3v) is 5.55. The van der Waals surface area contributed by atoms with Crippen LogP contribution in [0.5, 0.6) is 0 Å². The molecule has 3 rings (SSSR count). The summed E-state index contributed by atoms with van der Waals surface area (Å²) in [5.74, 6) is -0.916. The number of carbonyl (C=O) groups is 1. The predicted octanol–water partition coefficient (Wildman–Crippen LogP) is 3.44. The number of rotatable bonds is 4. The normalized spacial score (nSPS) is 27.1. The largest absolute Gasteiger partial charge is 0.480 e. The maximum atomic E-state index is 11.0. The molecular formula is C17H22BrNO3. The molecule has 2 N–H and O–H groups in total. The second kappa shape index (κ2) is 6.30. The highest BCUT2D eigenvalue weighted by Gasteiger charge is 2.50. The zero-order chi connectivity index (χ0) is 15.6. The molecule has 1 aromatic rings. The molecule has 1 unspecified atom stereocenters. The summed E-state index contributed by atoms with van der Waals surface area (Å²) >= 11 is 3.45. The molecule has 4 nitrogen and oxygen atoms in total. The van der Waals surface area contributed by atoms with Crippen LogP contribution in [0.3, 0.4) is 0 Å². The average Bonchev–Trinajstić information content (AvgIpc) is 2.86. The van der Waals surface area contributed by atoms with E-state index in [1.165, 1.54) is 19.3 Å². The number of nitrogens with one attached hydrogen (secondary N) is 1. The molecule has 0 aromatic heterocycles. The van der Waals surface area contributed by atoms with E-state index in [0.29, 0.717) is 6.54 Å². The van der Waals surface area contributed by atoms with E-state index in [1.807, 2.05) is 24.3 Å². The first-order valence-corrected chi connectivity index (χ1v) is 8.70. The number of hydrogen-bond acceptors (Lipinski definition) is 3. The Morgan fingerprint density at radius 1 is 1.23 bits per heavy atom. The zero-order valence-corrected chi connectivity index (χ0v) is 14.2. The average molecular weight is 368 g/mol. The fourth-order valence-electron chi connectivity index (χ4n) is 3.93. The third kappa shape index (κ3) is 3.21. The molecule has 2 aliphatic rings. The third-order valence-electron chi connectivity index (χ3n) is 5.03. The van der Waals surface area contributed by atoms with Crippen molar-refractivity contribution in [1.29, 1.82) is 0 Å². The van der Waals surface area contributed by atoms with Crippen LogP contribution in [-0.4, -0.2) is 29.8 Å². The molecule has 1 saturated heterocycles. The van der Waals surface area contributed by atoms with E-state index in [1.54, 1.807) is 0 Å². The van der Waals surface area contributed by atoms with Gasteiger partial charge in [0.15, 0.2) is 0 Å². The summed E-state index contributed by atoms with van der Waals surface area (Å²) in [5, 5.41) is 12.7. The molecule has 1 spiro atoms. The van der Waals surface area contributed by atoms with Crippen molar-refractivity contribution in [2.75, 3.05) is 13.2 Å². The van der Waals surface area contributed by atoms with Gasteiger partial charge in [0.25, 0.3) is 0 Å². The Morgan fingerprint density at radius 2 is 1.91 bits per heavy atom. The standard InChI is InChI=1S/C17H22BrNO3/c18-14-6-4-13(5-7-14)17(22-10-15(20)21)11-16(19-12-17)8-2-1-3-9-16/h4-7,19H,1-3,8-12H2,(H,20,21). The summed E-state index contributed by atoms with van der Waals surface area (Å²) in [6, 6.07) is 8.06. The van der Waals surface area contributed by atoms with Crippen molar-refractivity contribution < 1.29 is 14.6 Å². The van der Waals surface area contributed by atoms with E-state index in [-0.39, 0.29) is 12.1 Å². The summed E-state index contributed by atoms with van der Waals surface area (Å²) in [6.45, 7) is 0.426. The Kier molecular flexibility index (Phi) is 4.57. The van der Waals surface area contributed by atoms with E-state index in [0.717, 1.165) is 29.3 Å². The quantitative estimate of drug-likeness (QED) is 0.855. The molecule has 22 heavy (non-hydrogen) atoms. The van der Waals surface area contributed by atoms with Gasteiger partial charge in [0.1, 0.15) is 12.2 Å². The highest BCUT2D eigenvalue weighted by Crippen LogP contribution is 2.45. The van der Waals surface area contributed by atoms with Crippen LogP contribution in [0.15, 0.2) is 28.7 Å². The maximum absolute atomic E-state index is 11.0. The molecule has 1 heterocycles. The van der Waals surface area contributed by atoms with Gasteiger partial charge in [-0.1, -0.05) is 47.3 Å². The SMILES string of the molecule is O=C(O)COC1(c2ccc(Br)cc2)CNC2(CCCCC2)C1. The lowest BCUT2D eigenvalue weighted by Crippen LogP contribution is -2.41. The predicted molar refractivity (Wildman–Crippen MR) is 87.8 cm³/mol. The summed E-state index contributed by atoms with van der Waals surface area (Å²) in [6.07, 6.45) is 6.94. The van der Waals surface area contributed by atoms with Gasteiger partial charge >= 0.3 is 5.97 Å². The van der Waals surface area contributed by atoms with Gasteiger partial charge in [-0.05, 0) is 30.5 Å². The van der Waals surface area contributed by atoms with Crippen LogP contribution in [0.2, 0.25) is 0 Å². The van der Waals surface area contributed by atoms with Gasteiger partial charge in [-0.3, -0.25) is 0 Å². The van der Waals surface area contributed by atoms with E-state index in [2.05, 4.69) is 21.2 Å². The van der Waals surface area contributed by atoms with E-state index in [9.17, 15) is 4.79 Å². The maximum Gasteiger partial charge on any atom is 0.329 e. The van der Waals surface area contributed by atoms with Gasteiger partial charge in [0.2, 0.25) is 0 Å². The lowest BCUT2D eigenvalue weighted by atomic mass is 9.76. The lowest BCUT2D eigenvalue weighted by molar-refractivity contribution is -0.149. The van der Waals surface area contributed by atoms with Crippen LogP contribution in [0.1, 0.15) is 44.1 Å². The molecule has 1 atom stereocenters. The molecule has 0 bridgehead atoms. The van der Waals surface area contributed by atoms with Crippen LogP contribution in [-0.2, 0) is 15.1 Å². The van der Waals surface area contributed by atoms with Crippen LogP contribution in [0.4, 0.5) is 0 Å². The first-order chi connectivity index (χ1) is 10.5. The van der Waals surface area contributed by atoms with Crippen molar-refractivity contribution in [3.8, 4) is 0 Å². The van der Waals surface area contributed by atoms with Crippen molar-refractivity contribution in [2.45, 2.75) is 49.7 Å². The molecule has 5 heteroatoms. The second-order valence-electron chi connectivity index (χ2n) is 6.55. The summed E-state index contributed by atoms with van der Waals surface area (Å²) in [4.78, 5) is 11.0. The fraction of sp³-hybridized carbons (Fsp3) is 0.588. The molecule has 1 saturated carbocycles. The second-order valence-corrected chi connectivity index (χ2v) is 7.47. The number of hydrogen-bond donors (Lipinski definition) is 2. The highest BCUT2D eigenvalue weighted by atomic mass is 79.9. The molecule has 120 valence electrons. The number of halogens is 1. The van der Waals surface area contributed by atoms with E-state index >= 15 is 0 Å². The Labute approximate surface area is 139 Å². The van der Waals surface area contributed by atoms with Gasteiger partial charge in [-0.2, -0.15) is 0 Å². The highest BCUT2D eigenvalue weighted by molar-refractivity contribution is 9.10. The Bertz CT molecular complexity index is 539. The van der Waals surface area contributed by atoms with Gasteiger partial charge < -0.3 is 15.2 Å². The number of carboxylic acids is 1. The summed E-state index contributed by atoms with van der Waals surface area (Å²) < 4.78 is 6.94. The summed E-state index contributed by atoms with van der Waals surface area (Å²) in [7, 11) is 0. The summed E-state index contributed by atoms with van der Waals surface area (Å²) in [5.41, 5.74) is 0.646. The first kappa shape index (κ1) is 16.0. The topological polar surface area (TPSA) is 58.6 Å². The number of aliphatic carboxylic acids is 1. The molecule has 1 aliphatic heterocycles. The van der Waals surface area contributed by atoms with E-state index in [4.69, 9.17) is 9.84 Å². The van der Waals surface area contributed by atoms with Crippen molar-refractivity contribution in [1.82, 2.24) is 5.32 Å². The zero-order valence-electron chi connectivity index (χ0n) is 12.6.